The Morgan fingerprint density at radius 2 is 1.88 bits per heavy atom. The lowest BCUT2D eigenvalue weighted by Gasteiger charge is -2.07. The van der Waals surface area contributed by atoms with Gasteiger partial charge in [0, 0.05) is 11.0 Å². The molecule has 6 heteroatoms. The first kappa shape index (κ1) is 17.4. The summed E-state index contributed by atoms with van der Waals surface area (Å²) in [4.78, 5) is 5.72. The van der Waals surface area contributed by atoms with Crippen LogP contribution in [0.2, 0.25) is 0 Å². The molecule has 0 spiro atoms. The van der Waals surface area contributed by atoms with Gasteiger partial charge in [0.05, 0.1) is 25.5 Å². The van der Waals surface area contributed by atoms with Crippen molar-refractivity contribution in [3.8, 4) is 22.9 Å². The van der Waals surface area contributed by atoms with Crippen LogP contribution in [0.25, 0.3) is 11.4 Å². The standard InChI is InChI=1S/C19H20N2O3S/c1-12-5-6-13(2)17(9-12)25-11-18-20-19(21-24-18)15-8-7-14(22-3)10-16(15)23-4/h5-10H,11H2,1-4H3. The summed E-state index contributed by atoms with van der Waals surface area (Å²) in [5.41, 5.74) is 3.25. The van der Waals surface area contributed by atoms with Gasteiger partial charge in [0.2, 0.25) is 11.7 Å². The Kier molecular flexibility index (Phi) is 5.28. The lowest BCUT2D eigenvalue weighted by Crippen LogP contribution is -1.91. The largest absolute Gasteiger partial charge is 0.497 e. The Morgan fingerprint density at radius 1 is 1.04 bits per heavy atom. The molecule has 0 aliphatic heterocycles. The molecule has 5 nitrogen and oxygen atoms in total. The summed E-state index contributed by atoms with van der Waals surface area (Å²) >= 11 is 1.69. The first-order chi connectivity index (χ1) is 12.1. The predicted octanol–water partition coefficient (Wildman–Crippen LogP) is 4.66. The molecule has 0 bridgehead atoms. The van der Waals surface area contributed by atoms with Crippen molar-refractivity contribution < 1.29 is 14.0 Å². The van der Waals surface area contributed by atoms with Crippen molar-refractivity contribution in [1.82, 2.24) is 10.1 Å². The number of aromatic nitrogens is 2. The zero-order valence-electron chi connectivity index (χ0n) is 14.7. The van der Waals surface area contributed by atoms with Crippen LogP contribution < -0.4 is 9.47 Å². The topological polar surface area (TPSA) is 57.4 Å². The molecular weight excluding hydrogens is 336 g/mol. The minimum absolute atomic E-state index is 0.510. The fourth-order valence-electron chi connectivity index (χ4n) is 2.41. The van der Waals surface area contributed by atoms with E-state index in [9.17, 15) is 0 Å². The van der Waals surface area contributed by atoms with Gasteiger partial charge in [-0.2, -0.15) is 4.98 Å². The van der Waals surface area contributed by atoms with Gasteiger partial charge >= 0.3 is 0 Å². The maximum Gasteiger partial charge on any atom is 0.237 e. The van der Waals surface area contributed by atoms with Gasteiger partial charge < -0.3 is 14.0 Å². The summed E-state index contributed by atoms with van der Waals surface area (Å²) < 4.78 is 16.0. The highest BCUT2D eigenvalue weighted by molar-refractivity contribution is 7.98. The van der Waals surface area contributed by atoms with E-state index >= 15 is 0 Å². The number of methoxy groups -OCH3 is 2. The average molecular weight is 356 g/mol. The molecule has 0 aliphatic rings. The van der Waals surface area contributed by atoms with E-state index in [-0.39, 0.29) is 0 Å². The minimum Gasteiger partial charge on any atom is -0.497 e. The van der Waals surface area contributed by atoms with Crippen LogP contribution in [0, 0.1) is 13.8 Å². The van der Waals surface area contributed by atoms with E-state index in [0.717, 1.165) is 11.3 Å². The first-order valence-electron chi connectivity index (χ1n) is 7.85. The van der Waals surface area contributed by atoms with Crippen LogP contribution in [-0.2, 0) is 5.75 Å². The number of ether oxygens (including phenoxy) is 2. The van der Waals surface area contributed by atoms with E-state index in [4.69, 9.17) is 14.0 Å². The number of hydrogen-bond acceptors (Lipinski definition) is 6. The quantitative estimate of drug-likeness (QED) is 0.599. The van der Waals surface area contributed by atoms with E-state index in [1.165, 1.54) is 16.0 Å². The number of aryl methyl sites for hydroxylation is 2. The number of nitrogens with zero attached hydrogens (tertiary/aromatic N) is 2. The Morgan fingerprint density at radius 3 is 2.64 bits per heavy atom. The van der Waals surface area contributed by atoms with Gasteiger partial charge in [-0.25, -0.2) is 0 Å². The Labute approximate surface area is 151 Å². The lowest BCUT2D eigenvalue weighted by molar-refractivity contribution is 0.388. The van der Waals surface area contributed by atoms with Gasteiger partial charge in [0.25, 0.3) is 0 Å². The highest BCUT2D eigenvalue weighted by atomic mass is 32.2. The van der Waals surface area contributed by atoms with Crippen LogP contribution >= 0.6 is 11.8 Å². The number of thioether (sulfide) groups is 1. The molecule has 2 aromatic carbocycles. The lowest BCUT2D eigenvalue weighted by atomic mass is 10.2. The number of rotatable bonds is 6. The monoisotopic (exact) mass is 356 g/mol. The van der Waals surface area contributed by atoms with Crippen LogP contribution in [0.3, 0.4) is 0 Å². The van der Waals surface area contributed by atoms with Crippen LogP contribution in [0.5, 0.6) is 11.5 Å². The molecule has 0 atom stereocenters. The first-order valence-corrected chi connectivity index (χ1v) is 8.84. The fraction of sp³-hybridized carbons (Fsp3) is 0.263. The molecule has 0 amide bonds. The summed E-state index contributed by atoms with van der Waals surface area (Å²) in [6, 6.07) is 11.9. The average Bonchev–Trinajstić information content (AvgIpc) is 3.10. The molecule has 3 aromatic rings. The summed E-state index contributed by atoms with van der Waals surface area (Å²) in [6.07, 6.45) is 0. The van der Waals surface area contributed by atoms with Crippen molar-refractivity contribution in [3.05, 3.63) is 53.4 Å². The van der Waals surface area contributed by atoms with Crippen molar-refractivity contribution in [2.75, 3.05) is 14.2 Å². The second kappa shape index (κ2) is 7.61. The summed E-state index contributed by atoms with van der Waals surface area (Å²) in [5, 5.41) is 4.08. The van der Waals surface area contributed by atoms with Crippen molar-refractivity contribution >= 4 is 11.8 Å². The van der Waals surface area contributed by atoms with Crippen molar-refractivity contribution in [1.29, 1.82) is 0 Å². The van der Waals surface area contributed by atoms with Crippen molar-refractivity contribution in [2.45, 2.75) is 24.5 Å². The third-order valence-electron chi connectivity index (χ3n) is 3.81. The molecular formula is C19H20N2O3S. The van der Waals surface area contributed by atoms with Crippen LogP contribution in [0.1, 0.15) is 17.0 Å². The molecule has 0 unspecified atom stereocenters. The normalized spacial score (nSPS) is 10.7. The van der Waals surface area contributed by atoms with Gasteiger partial charge in [0.15, 0.2) is 0 Å². The summed E-state index contributed by atoms with van der Waals surface area (Å²) in [7, 11) is 3.22. The van der Waals surface area contributed by atoms with E-state index in [2.05, 4.69) is 42.2 Å². The summed E-state index contributed by atoms with van der Waals surface area (Å²) in [5.74, 6) is 3.08. The molecule has 25 heavy (non-hydrogen) atoms. The fourth-order valence-corrected chi connectivity index (χ4v) is 3.37. The molecule has 0 N–H and O–H groups in total. The third kappa shape index (κ3) is 3.96. The highest BCUT2D eigenvalue weighted by Gasteiger charge is 2.14. The second-order valence-electron chi connectivity index (χ2n) is 5.64. The molecule has 1 aromatic heterocycles. The van der Waals surface area contributed by atoms with Crippen LogP contribution in [0.4, 0.5) is 0 Å². The molecule has 0 saturated carbocycles. The number of benzene rings is 2. The molecule has 0 aliphatic carbocycles. The predicted molar refractivity (Wildman–Crippen MR) is 98.3 cm³/mol. The van der Waals surface area contributed by atoms with Crippen molar-refractivity contribution in [3.63, 3.8) is 0 Å². The molecule has 1 heterocycles. The van der Waals surface area contributed by atoms with E-state index in [1.54, 1.807) is 32.0 Å². The van der Waals surface area contributed by atoms with E-state index in [1.807, 2.05) is 12.1 Å². The second-order valence-corrected chi connectivity index (χ2v) is 6.65. The molecule has 0 saturated heterocycles. The molecule has 130 valence electrons. The maximum atomic E-state index is 5.40. The molecule has 3 rings (SSSR count). The molecule has 0 radical (unpaired) electrons. The number of hydrogen-bond donors (Lipinski definition) is 0. The maximum absolute atomic E-state index is 5.40. The smallest absolute Gasteiger partial charge is 0.237 e. The summed E-state index contributed by atoms with van der Waals surface area (Å²) in [6.45, 7) is 4.19. The Bertz CT molecular complexity index is 877. The Balaban J connectivity index is 1.77. The van der Waals surface area contributed by atoms with Crippen LogP contribution in [0.15, 0.2) is 45.8 Å². The van der Waals surface area contributed by atoms with Gasteiger partial charge in [-0.1, -0.05) is 22.9 Å². The van der Waals surface area contributed by atoms with Gasteiger partial charge in [-0.3, -0.25) is 0 Å². The van der Waals surface area contributed by atoms with Crippen LogP contribution in [-0.4, -0.2) is 24.4 Å². The zero-order chi connectivity index (χ0) is 17.8. The molecule has 0 fully saturated rings. The van der Waals surface area contributed by atoms with Gasteiger partial charge in [-0.05, 0) is 37.6 Å². The van der Waals surface area contributed by atoms with Crippen molar-refractivity contribution in [2.24, 2.45) is 0 Å². The minimum atomic E-state index is 0.510. The zero-order valence-corrected chi connectivity index (χ0v) is 15.5. The SMILES string of the molecule is COc1ccc(-c2noc(CSc3cc(C)ccc3C)n2)c(OC)c1. The third-order valence-corrected chi connectivity index (χ3v) is 4.95. The Hall–Kier alpha value is -2.47. The van der Waals surface area contributed by atoms with Gasteiger partial charge in [0.1, 0.15) is 11.5 Å². The highest BCUT2D eigenvalue weighted by Crippen LogP contribution is 2.32. The van der Waals surface area contributed by atoms with E-state index < -0.39 is 0 Å². The van der Waals surface area contributed by atoms with Gasteiger partial charge in [-0.15, -0.1) is 11.8 Å². The van der Waals surface area contributed by atoms with E-state index in [0.29, 0.717) is 23.2 Å².